The second-order valence-electron chi connectivity index (χ2n) is 8.64. The Balaban J connectivity index is 1.19. The fraction of sp³-hybridized carbons (Fsp3) is 0.250. The van der Waals surface area contributed by atoms with Gasteiger partial charge in [0.1, 0.15) is 11.6 Å². The predicted molar refractivity (Wildman–Crippen MR) is 125 cm³/mol. The number of nitrogens with one attached hydrogen (secondary N) is 1. The van der Waals surface area contributed by atoms with Crippen LogP contribution in [0, 0.1) is 0 Å². The zero-order valence-electron chi connectivity index (χ0n) is 18.1. The highest BCUT2D eigenvalue weighted by Crippen LogP contribution is 2.44. The maximum Gasteiger partial charge on any atom is 0.416 e. The summed E-state index contributed by atoms with van der Waals surface area (Å²) in [4.78, 5) is 30.9. The van der Waals surface area contributed by atoms with Gasteiger partial charge in [-0.3, -0.25) is 4.98 Å². The van der Waals surface area contributed by atoms with E-state index >= 15 is 0 Å². The van der Waals surface area contributed by atoms with Crippen molar-refractivity contribution in [2.75, 3.05) is 18.0 Å². The van der Waals surface area contributed by atoms with Crippen LogP contribution in [0.25, 0.3) is 22.4 Å². The van der Waals surface area contributed by atoms with Gasteiger partial charge in [0.2, 0.25) is 0 Å². The molecule has 0 radical (unpaired) electrons. The molecule has 1 aromatic carbocycles. The molecule has 0 aliphatic carbocycles. The molecule has 4 aromatic rings. The lowest BCUT2D eigenvalue weighted by Gasteiger charge is -2.38. The number of carbonyl (C=O) groups is 1. The van der Waals surface area contributed by atoms with Gasteiger partial charge >= 0.3 is 12.1 Å². The molecule has 0 amide bonds. The van der Waals surface area contributed by atoms with Crippen molar-refractivity contribution in [1.82, 2.24) is 19.9 Å². The molecule has 1 spiro atoms. The average Bonchev–Trinajstić information content (AvgIpc) is 3.38. The van der Waals surface area contributed by atoms with E-state index in [1.165, 1.54) is 6.07 Å². The summed E-state index contributed by atoms with van der Waals surface area (Å²) in [5.74, 6) is 0.855. The number of carbonyl (C=O) groups excluding carboxylic acids is 1. The average molecular weight is 544 g/mol. The van der Waals surface area contributed by atoms with Gasteiger partial charge in [-0.2, -0.15) is 13.2 Å². The maximum atomic E-state index is 13.0. The van der Waals surface area contributed by atoms with E-state index in [0.717, 1.165) is 22.4 Å². The lowest BCUT2D eigenvalue weighted by atomic mass is 9.87. The van der Waals surface area contributed by atoms with Gasteiger partial charge in [0.05, 0.1) is 27.9 Å². The van der Waals surface area contributed by atoms with Gasteiger partial charge in [0.15, 0.2) is 5.60 Å². The first kappa shape index (κ1) is 22.0. The van der Waals surface area contributed by atoms with Crippen molar-refractivity contribution >= 4 is 38.8 Å². The Hall–Kier alpha value is -3.47. The van der Waals surface area contributed by atoms with Crippen molar-refractivity contribution in [1.29, 1.82) is 0 Å². The third-order valence-corrected chi connectivity index (χ3v) is 6.95. The molecule has 11 heteroatoms. The van der Waals surface area contributed by atoms with Crippen LogP contribution in [0.4, 0.5) is 19.0 Å². The molecule has 6 rings (SSSR count). The molecule has 0 unspecified atom stereocenters. The number of aromatic nitrogens is 4. The molecule has 2 aliphatic rings. The summed E-state index contributed by atoms with van der Waals surface area (Å²) in [6.45, 7) is 1.25. The number of anilines is 1. The lowest BCUT2D eigenvalue weighted by molar-refractivity contribution is -0.137. The van der Waals surface area contributed by atoms with Crippen LogP contribution in [0.15, 0.2) is 53.3 Å². The number of imidazole rings is 1. The molecule has 5 heterocycles. The molecular formula is C24H17BrF3N5O2. The zero-order chi connectivity index (χ0) is 24.4. The normalized spacial score (nSPS) is 17.1. The van der Waals surface area contributed by atoms with Crippen LogP contribution >= 0.6 is 15.9 Å². The van der Waals surface area contributed by atoms with E-state index < -0.39 is 17.3 Å². The third-order valence-electron chi connectivity index (χ3n) is 6.52. The topological polar surface area (TPSA) is 84.0 Å². The lowest BCUT2D eigenvalue weighted by Crippen LogP contribution is -2.43. The van der Waals surface area contributed by atoms with E-state index in [-0.39, 0.29) is 11.5 Å². The number of fused-ring (bicyclic) bond motifs is 3. The van der Waals surface area contributed by atoms with Gasteiger partial charge in [0.25, 0.3) is 0 Å². The number of halogens is 4. The molecule has 1 fully saturated rings. The van der Waals surface area contributed by atoms with Gasteiger partial charge in [-0.1, -0.05) is 0 Å². The maximum absolute atomic E-state index is 13.0. The van der Waals surface area contributed by atoms with Crippen LogP contribution in [0.5, 0.6) is 0 Å². The van der Waals surface area contributed by atoms with Crippen molar-refractivity contribution in [3.05, 3.63) is 70.1 Å². The number of hydrogen-bond acceptors (Lipinski definition) is 6. The highest BCUT2D eigenvalue weighted by atomic mass is 79.9. The first-order valence-corrected chi connectivity index (χ1v) is 11.7. The van der Waals surface area contributed by atoms with Crippen molar-refractivity contribution in [2.24, 2.45) is 0 Å². The monoisotopic (exact) mass is 543 g/mol. The largest absolute Gasteiger partial charge is 0.449 e. The molecule has 1 saturated heterocycles. The van der Waals surface area contributed by atoms with Crippen molar-refractivity contribution in [3.8, 4) is 11.4 Å². The molecular weight excluding hydrogens is 527 g/mol. The quantitative estimate of drug-likeness (QED) is 0.337. The molecule has 35 heavy (non-hydrogen) atoms. The van der Waals surface area contributed by atoms with E-state index in [1.54, 1.807) is 18.5 Å². The number of benzene rings is 1. The van der Waals surface area contributed by atoms with Gasteiger partial charge in [-0.15, -0.1) is 0 Å². The van der Waals surface area contributed by atoms with E-state index in [1.807, 2.05) is 12.1 Å². The molecule has 0 bridgehead atoms. The Morgan fingerprint density at radius 3 is 2.57 bits per heavy atom. The molecule has 3 aromatic heterocycles. The number of ether oxygens (including phenoxy) is 1. The SMILES string of the molecule is O=C1OC2(CCN(c3ccc(-c4nc5cc(C(F)(F)F)ccc5[nH]4)cn3)CC2)c2ncc(Br)cc21. The van der Waals surface area contributed by atoms with Gasteiger partial charge in [-0.25, -0.2) is 14.8 Å². The highest BCUT2D eigenvalue weighted by Gasteiger charge is 2.49. The first-order chi connectivity index (χ1) is 16.7. The summed E-state index contributed by atoms with van der Waals surface area (Å²) in [7, 11) is 0. The third kappa shape index (κ3) is 3.74. The molecule has 0 atom stereocenters. The standard InChI is InChI=1S/C24H17BrF3N5O2/c25-15-10-16-20(30-12-15)23(35-22(16)34)5-7-33(8-6-23)19-4-1-13(11-29-19)21-31-17-3-2-14(24(26,27)28)9-18(17)32-21/h1-4,9-12H,5-8H2,(H,31,32). The highest BCUT2D eigenvalue weighted by molar-refractivity contribution is 9.10. The molecule has 2 aliphatic heterocycles. The summed E-state index contributed by atoms with van der Waals surface area (Å²) in [6, 6.07) is 8.87. The fourth-order valence-electron chi connectivity index (χ4n) is 4.71. The number of piperidine rings is 1. The molecule has 1 N–H and O–H groups in total. The fourth-order valence-corrected chi connectivity index (χ4v) is 5.04. The van der Waals surface area contributed by atoms with E-state index in [2.05, 4.69) is 40.8 Å². The van der Waals surface area contributed by atoms with Gasteiger partial charge < -0.3 is 14.6 Å². The summed E-state index contributed by atoms with van der Waals surface area (Å²) >= 11 is 3.35. The summed E-state index contributed by atoms with van der Waals surface area (Å²) in [6.07, 6.45) is 0.0857. The number of aromatic amines is 1. The summed E-state index contributed by atoms with van der Waals surface area (Å²) < 4.78 is 45.5. The van der Waals surface area contributed by atoms with Crippen LogP contribution < -0.4 is 4.90 Å². The number of H-pyrrole nitrogens is 1. The molecule has 178 valence electrons. The minimum Gasteiger partial charge on any atom is -0.449 e. The zero-order valence-corrected chi connectivity index (χ0v) is 19.7. The molecule has 7 nitrogen and oxygen atoms in total. The Morgan fingerprint density at radius 2 is 1.86 bits per heavy atom. The van der Waals surface area contributed by atoms with Crippen molar-refractivity contribution < 1.29 is 22.7 Å². The predicted octanol–water partition coefficient (Wildman–Crippen LogP) is 5.47. The smallest absolute Gasteiger partial charge is 0.416 e. The second kappa shape index (κ2) is 7.77. The second-order valence-corrected chi connectivity index (χ2v) is 9.56. The number of rotatable bonds is 2. The minimum atomic E-state index is -4.42. The Labute approximate surface area is 205 Å². The number of esters is 1. The Morgan fingerprint density at radius 1 is 1.06 bits per heavy atom. The number of nitrogens with zero attached hydrogens (tertiary/aromatic N) is 4. The minimum absolute atomic E-state index is 0.243. The van der Waals surface area contributed by atoms with Crippen LogP contribution in [0.2, 0.25) is 0 Å². The van der Waals surface area contributed by atoms with Crippen LogP contribution in [-0.4, -0.2) is 39.0 Å². The van der Waals surface area contributed by atoms with E-state index in [4.69, 9.17) is 4.74 Å². The van der Waals surface area contributed by atoms with Crippen molar-refractivity contribution in [3.63, 3.8) is 0 Å². The Bertz CT molecular complexity index is 1460. The number of pyridine rings is 2. The molecule has 0 saturated carbocycles. The van der Waals surface area contributed by atoms with E-state index in [0.29, 0.717) is 54.1 Å². The summed E-state index contributed by atoms with van der Waals surface area (Å²) in [5.41, 5.74) is 1.17. The van der Waals surface area contributed by atoms with Gasteiger partial charge in [0, 0.05) is 48.4 Å². The van der Waals surface area contributed by atoms with Crippen molar-refractivity contribution in [2.45, 2.75) is 24.6 Å². The number of hydrogen-bond donors (Lipinski definition) is 1. The van der Waals surface area contributed by atoms with Crippen LogP contribution in [-0.2, 0) is 16.5 Å². The Kier molecular flexibility index (Phi) is 4.89. The first-order valence-electron chi connectivity index (χ1n) is 10.9. The summed E-state index contributed by atoms with van der Waals surface area (Å²) in [5, 5.41) is 0. The van der Waals surface area contributed by atoms with Crippen LogP contribution in [0.1, 0.15) is 34.5 Å². The van der Waals surface area contributed by atoms with E-state index in [9.17, 15) is 18.0 Å². The number of alkyl halides is 3. The van der Waals surface area contributed by atoms with Gasteiger partial charge in [-0.05, 0) is 52.3 Å². The van der Waals surface area contributed by atoms with Crippen LogP contribution in [0.3, 0.4) is 0 Å².